The number of amides is 1. The van der Waals surface area contributed by atoms with Crippen LogP contribution in [0.5, 0.6) is 0 Å². The molecule has 1 aliphatic carbocycles. The molecule has 0 bridgehead atoms. The maximum atomic E-state index is 11.4. The number of hydrogen-bond acceptors (Lipinski definition) is 3. The molecule has 0 aromatic carbocycles. The van der Waals surface area contributed by atoms with Crippen molar-refractivity contribution in [1.29, 1.82) is 0 Å². The van der Waals surface area contributed by atoms with Gasteiger partial charge in [0.05, 0.1) is 18.2 Å². The molecular weight excluding hydrogens is 204 g/mol. The highest BCUT2D eigenvalue weighted by Crippen LogP contribution is 2.24. The second kappa shape index (κ2) is 4.65. The second-order valence-electron chi connectivity index (χ2n) is 4.29. The topological polar surface area (TPSA) is 72.9 Å². The van der Waals surface area contributed by atoms with E-state index in [0.717, 1.165) is 31.5 Å². The number of carbonyl (C=O) groups excluding carboxylic acids is 1. The SMILES string of the molecule is CCCn1cncc1C(NC1CC1)C(N)=O. The number of nitrogens with zero attached hydrogens (tertiary/aromatic N) is 2. The van der Waals surface area contributed by atoms with Crippen molar-refractivity contribution in [3.63, 3.8) is 0 Å². The van der Waals surface area contributed by atoms with E-state index >= 15 is 0 Å². The highest BCUT2D eigenvalue weighted by molar-refractivity contribution is 5.81. The first-order valence-electron chi connectivity index (χ1n) is 5.77. The minimum atomic E-state index is -0.401. The molecule has 88 valence electrons. The summed E-state index contributed by atoms with van der Waals surface area (Å²) in [7, 11) is 0. The van der Waals surface area contributed by atoms with Crippen LogP contribution in [0.1, 0.15) is 37.9 Å². The maximum absolute atomic E-state index is 11.4. The number of hydrogen-bond donors (Lipinski definition) is 2. The molecule has 3 N–H and O–H groups in total. The molecule has 1 atom stereocenters. The molecule has 5 nitrogen and oxygen atoms in total. The fraction of sp³-hybridized carbons (Fsp3) is 0.636. The lowest BCUT2D eigenvalue weighted by Gasteiger charge is -2.16. The van der Waals surface area contributed by atoms with Crippen LogP contribution in [0.15, 0.2) is 12.5 Å². The van der Waals surface area contributed by atoms with Gasteiger partial charge in [0.15, 0.2) is 0 Å². The molecule has 1 fully saturated rings. The molecule has 0 spiro atoms. The Balaban J connectivity index is 2.15. The smallest absolute Gasteiger partial charge is 0.240 e. The summed E-state index contributed by atoms with van der Waals surface area (Å²) in [6.45, 7) is 2.96. The van der Waals surface area contributed by atoms with E-state index in [-0.39, 0.29) is 5.91 Å². The minimum Gasteiger partial charge on any atom is -0.368 e. The minimum absolute atomic E-state index is 0.329. The van der Waals surface area contributed by atoms with Crippen molar-refractivity contribution in [3.05, 3.63) is 18.2 Å². The molecular formula is C11H18N4O. The molecule has 1 unspecified atom stereocenters. The average molecular weight is 222 g/mol. The van der Waals surface area contributed by atoms with E-state index in [0.29, 0.717) is 6.04 Å². The predicted octanol–water partition coefficient (Wildman–Crippen LogP) is 0.571. The van der Waals surface area contributed by atoms with Gasteiger partial charge in [0, 0.05) is 12.6 Å². The van der Waals surface area contributed by atoms with Gasteiger partial charge in [0.2, 0.25) is 5.91 Å². The summed E-state index contributed by atoms with van der Waals surface area (Å²) in [6.07, 6.45) is 6.75. The van der Waals surface area contributed by atoms with E-state index in [4.69, 9.17) is 5.73 Å². The Kier molecular flexibility index (Phi) is 3.24. The molecule has 0 aliphatic heterocycles. The van der Waals surface area contributed by atoms with Crippen LogP contribution in [-0.4, -0.2) is 21.5 Å². The van der Waals surface area contributed by atoms with Crippen molar-refractivity contribution in [1.82, 2.24) is 14.9 Å². The maximum Gasteiger partial charge on any atom is 0.240 e. The summed E-state index contributed by atoms with van der Waals surface area (Å²) in [4.78, 5) is 15.5. The fourth-order valence-electron chi connectivity index (χ4n) is 1.80. The summed E-state index contributed by atoms with van der Waals surface area (Å²) < 4.78 is 1.99. The first-order chi connectivity index (χ1) is 7.72. The van der Waals surface area contributed by atoms with Crippen LogP contribution >= 0.6 is 0 Å². The summed E-state index contributed by atoms with van der Waals surface area (Å²) in [5.41, 5.74) is 6.30. The first kappa shape index (κ1) is 11.1. The van der Waals surface area contributed by atoms with Crippen LogP contribution < -0.4 is 11.1 Å². The Morgan fingerprint density at radius 1 is 1.75 bits per heavy atom. The summed E-state index contributed by atoms with van der Waals surface area (Å²) in [5.74, 6) is -0.329. The van der Waals surface area contributed by atoms with Gasteiger partial charge in [-0.1, -0.05) is 6.92 Å². The quantitative estimate of drug-likeness (QED) is 0.739. The molecule has 1 heterocycles. The van der Waals surface area contributed by atoms with E-state index in [1.54, 1.807) is 12.5 Å². The number of aryl methyl sites for hydroxylation is 1. The Bertz CT molecular complexity index is 370. The van der Waals surface area contributed by atoms with Gasteiger partial charge in [0.25, 0.3) is 0 Å². The van der Waals surface area contributed by atoms with Crippen LogP contribution in [-0.2, 0) is 11.3 Å². The molecule has 0 saturated heterocycles. The zero-order valence-electron chi connectivity index (χ0n) is 9.52. The van der Waals surface area contributed by atoms with Gasteiger partial charge in [-0.25, -0.2) is 4.98 Å². The predicted molar refractivity (Wildman–Crippen MR) is 60.6 cm³/mol. The van der Waals surface area contributed by atoms with E-state index < -0.39 is 6.04 Å². The molecule has 1 amide bonds. The van der Waals surface area contributed by atoms with Crippen LogP contribution in [0, 0.1) is 0 Å². The summed E-state index contributed by atoms with van der Waals surface area (Å²) in [5, 5.41) is 3.26. The second-order valence-corrected chi connectivity index (χ2v) is 4.29. The van der Waals surface area contributed by atoms with Crippen LogP contribution in [0.3, 0.4) is 0 Å². The molecule has 16 heavy (non-hydrogen) atoms. The summed E-state index contributed by atoms with van der Waals surface area (Å²) >= 11 is 0. The van der Waals surface area contributed by atoms with Gasteiger partial charge >= 0.3 is 0 Å². The van der Waals surface area contributed by atoms with E-state index in [1.165, 1.54) is 0 Å². The monoisotopic (exact) mass is 222 g/mol. The van der Waals surface area contributed by atoms with Gasteiger partial charge in [-0.3, -0.25) is 10.1 Å². The lowest BCUT2D eigenvalue weighted by atomic mass is 10.2. The third-order valence-corrected chi connectivity index (χ3v) is 2.77. The highest BCUT2D eigenvalue weighted by Gasteiger charge is 2.29. The third kappa shape index (κ3) is 2.41. The Morgan fingerprint density at radius 3 is 3.06 bits per heavy atom. The van der Waals surface area contributed by atoms with Gasteiger partial charge in [-0.2, -0.15) is 0 Å². The molecule has 2 rings (SSSR count). The lowest BCUT2D eigenvalue weighted by Crippen LogP contribution is -2.36. The summed E-state index contributed by atoms with van der Waals surface area (Å²) in [6, 6.07) is 0.0454. The number of nitrogens with two attached hydrogens (primary N) is 1. The fourth-order valence-corrected chi connectivity index (χ4v) is 1.80. The molecule has 1 aliphatic rings. The zero-order chi connectivity index (χ0) is 11.5. The normalized spacial score (nSPS) is 17.3. The van der Waals surface area contributed by atoms with Crippen LogP contribution in [0.4, 0.5) is 0 Å². The number of rotatable bonds is 6. The number of primary amides is 1. The van der Waals surface area contributed by atoms with E-state index in [1.807, 2.05) is 4.57 Å². The van der Waals surface area contributed by atoms with Crippen molar-refractivity contribution in [2.45, 2.75) is 44.8 Å². The van der Waals surface area contributed by atoms with E-state index in [9.17, 15) is 4.79 Å². The van der Waals surface area contributed by atoms with Crippen LogP contribution in [0.25, 0.3) is 0 Å². The largest absolute Gasteiger partial charge is 0.368 e. The number of carbonyl (C=O) groups is 1. The number of nitrogens with one attached hydrogen (secondary N) is 1. The van der Waals surface area contributed by atoms with E-state index in [2.05, 4.69) is 17.2 Å². The van der Waals surface area contributed by atoms with Gasteiger partial charge in [-0.05, 0) is 19.3 Å². The number of imidazole rings is 1. The molecule has 5 heteroatoms. The standard InChI is InChI=1S/C11H18N4O/c1-2-5-15-7-13-6-9(15)10(11(12)16)14-8-3-4-8/h6-8,10,14H,2-5H2,1H3,(H2,12,16). The van der Waals surface area contributed by atoms with Gasteiger partial charge < -0.3 is 10.3 Å². The first-order valence-corrected chi connectivity index (χ1v) is 5.77. The van der Waals surface area contributed by atoms with Crippen molar-refractivity contribution in [2.75, 3.05) is 0 Å². The van der Waals surface area contributed by atoms with Crippen molar-refractivity contribution >= 4 is 5.91 Å². The highest BCUT2D eigenvalue weighted by atomic mass is 16.1. The number of aromatic nitrogens is 2. The lowest BCUT2D eigenvalue weighted by molar-refractivity contribution is -0.120. The van der Waals surface area contributed by atoms with Crippen molar-refractivity contribution in [3.8, 4) is 0 Å². The molecule has 1 saturated carbocycles. The Hall–Kier alpha value is -1.36. The third-order valence-electron chi connectivity index (χ3n) is 2.77. The average Bonchev–Trinajstić information content (AvgIpc) is 2.95. The van der Waals surface area contributed by atoms with Gasteiger partial charge in [-0.15, -0.1) is 0 Å². The van der Waals surface area contributed by atoms with Crippen molar-refractivity contribution < 1.29 is 4.79 Å². The van der Waals surface area contributed by atoms with Crippen molar-refractivity contribution in [2.24, 2.45) is 5.73 Å². The molecule has 1 aromatic heterocycles. The Labute approximate surface area is 95.0 Å². The molecule has 1 aromatic rings. The van der Waals surface area contributed by atoms with Crippen LogP contribution in [0.2, 0.25) is 0 Å². The Morgan fingerprint density at radius 2 is 2.50 bits per heavy atom. The zero-order valence-corrected chi connectivity index (χ0v) is 9.52. The van der Waals surface area contributed by atoms with Gasteiger partial charge in [0.1, 0.15) is 6.04 Å². The molecule has 0 radical (unpaired) electrons.